The minimum atomic E-state index is 0.0655. The number of nitrogens with one attached hydrogen (secondary N) is 2. The summed E-state index contributed by atoms with van der Waals surface area (Å²) in [5, 5.41) is 6.22. The van der Waals surface area contributed by atoms with Crippen LogP contribution in [0, 0.1) is 0 Å². The number of ether oxygens (including phenoxy) is 2. The fraction of sp³-hybridized carbons (Fsp3) is 0.350. The van der Waals surface area contributed by atoms with E-state index >= 15 is 0 Å². The molecule has 0 saturated heterocycles. The average molecular weight is 342 g/mol. The topological polar surface area (TPSA) is 59.6 Å². The van der Waals surface area contributed by atoms with E-state index in [1.54, 1.807) is 14.2 Å². The quantitative estimate of drug-likeness (QED) is 0.652. The van der Waals surface area contributed by atoms with E-state index < -0.39 is 0 Å². The summed E-state index contributed by atoms with van der Waals surface area (Å²) < 4.78 is 10.3. The van der Waals surface area contributed by atoms with Crippen LogP contribution in [-0.2, 0) is 17.8 Å². The third kappa shape index (κ3) is 6.85. The van der Waals surface area contributed by atoms with E-state index in [1.807, 2.05) is 48.5 Å². The van der Waals surface area contributed by atoms with Crippen LogP contribution in [0.3, 0.4) is 0 Å². The first-order valence-electron chi connectivity index (χ1n) is 8.44. The van der Waals surface area contributed by atoms with Crippen LogP contribution in [0.15, 0.2) is 48.5 Å². The Balaban J connectivity index is 1.57. The Labute approximate surface area is 149 Å². The second-order valence-corrected chi connectivity index (χ2v) is 5.72. The number of hydrogen-bond donors (Lipinski definition) is 2. The van der Waals surface area contributed by atoms with Gasteiger partial charge in [0.15, 0.2) is 0 Å². The van der Waals surface area contributed by atoms with Crippen molar-refractivity contribution in [2.45, 2.75) is 19.4 Å². The van der Waals surface area contributed by atoms with Crippen LogP contribution >= 0.6 is 0 Å². The maximum Gasteiger partial charge on any atom is 0.221 e. The lowest BCUT2D eigenvalue weighted by molar-refractivity contribution is -0.120. The Hall–Kier alpha value is -2.53. The van der Waals surface area contributed by atoms with E-state index in [0.29, 0.717) is 19.5 Å². The summed E-state index contributed by atoms with van der Waals surface area (Å²) in [7, 11) is 3.30. The van der Waals surface area contributed by atoms with Gasteiger partial charge in [0.1, 0.15) is 11.5 Å². The molecule has 2 aromatic rings. The van der Waals surface area contributed by atoms with E-state index in [0.717, 1.165) is 24.5 Å². The summed E-state index contributed by atoms with van der Waals surface area (Å²) in [4.78, 5) is 11.8. The molecule has 0 fully saturated rings. The number of carbonyl (C=O) groups excluding carboxylic acids is 1. The molecule has 0 heterocycles. The lowest BCUT2D eigenvalue weighted by atomic mass is 10.1. The highest BCUT2D eigenvalue weighted by atomic mass is 16.5. The Morgan fingerprint density at radius 1 is 0.840 bits per heavy atom. The Bertz CT molecular complexity index is 639. The summed E-state index contributed by atoms with van der Waals surface area (Å²) in [6.07, 6.45) is 1.29. The van der Waals surface area contributed by atoms with Gasteiger partial charge in [-0.05, 0) is 41.8 Å². The predicted molar refractivity (Wildman–Crippen MR) is 99.0 cm³/mol. The molecule has 2 aromatic carbocycles. The summed E-state index contributed by atoms with van der Waals surface area (Å²) in [6.45, 7) is 2.03. The first kappa shape index (κ1) is 18.8. The van der Waals surface area contributed by atoms with Crippen molar-refractivity contribution in [2.75, 3.05) is 27.3 Å². The summed E-state index contributed by atoms with van der Waals surface area (Å²) in [6, 6.07) is 15.8. The van der Waals surface area contributed by atoms with Crippen LogP contribution in [0.1, 0.15) is 17.5 Å². The monoisotopic (exact) mass is 342 g/mol. The molecule has 5 nitrogen and oxygen atoms in total. The number of hydrogen-bond acceptors (Lipinski definition) is 4. The molecule has 0 spiro atoms. The van der Waals surface area contributed by atoms with E-state index in [9.17, 15) is 4.79 Å². The Morgan fingerprint density at radius 3 is 1.96 bits per heavy atom. The smallest absolute Gasteiger partial charge is 0.221 e. The maximum absolute atomic E-state index is 11.8. The van der Waals surface area contributed by atoms with Crippen molar-refractivity contribution in [3.63, 3.8) is 0 Å². The van der Waals surface area contributed by atoms with Gasteiger partial charge in [0, 0.05) is 26.1 Å². The lowest BCUT2D eigenvalue weighted by Gasteiger charge is -2.08. The normalized spacial score (nSPS) is 10.3. The molecule has 0 saturated carbocycles. The molecular weight excluding hydrogens is 316 g/mol. The molecule has 2 N–H and O–H groups in total. The van der Waals surface area contributed by atoms with Crippen LogP contribution in [0.25, 0.3) is 0 Å². The summed E-state index contributed by atoms with van der Waals surface area (Å²) >= 11 is 0. The fourth-order valence-corrected chi connectivity index (χ4v) is 2.40. The number of methoxy groups -OCH3 is 2. The maximum atomic E-state index is 11.8. The van der Waals surface area contributed by atoms with E-state index in [2.05, 4.69) is 10.6 Å². The van der Waals surface area contributed by atoms with Crippen molar-refractivity contribution in [1.82, 2.24) is 10.6 Å². The highest BCUT2D eigenvalue weighted by molar-refractivity contribution is 5.76. The standard InChI is InChI=1S/C20H26N2O3/c1-24-18-7-3-16(4-8-18)11-14-22-20(23)12-13-21-15-17-5-9-19(25-2)10-6-17/h3-10,21H,11-15H2,1-2H3,(H,22,23). The molecule has 1 amide bonds. The van der Waals surface area contributed by atoms with Crippen molar-refractivity contribution in [3.05, 3.63) is 59.7 Å². The molecular formula is C20H26N2O3. The van der Waals surface area contributed by atoms with E-state index in [1.165, 1.54) is 11.1 Å². The molecule has 0 unspecified atom stereocenters. The van der Waals surface area contributed by atoms with E-state index in [4.69, 9.17) is 9.47 Å². The van der Waals surface area contributed by atoms with Gasteiger partial charge in [0.2, 0.25) is 5.91 Å². The van der Waals surface area contributed by atoms with Crippen LogP contribution < -0.4 is 20.1 Å². The molecule has 0 aliphatic rings. The zero-order valence-corrected chi connectivity index (χ0v) is 14.9. The van der Waals surface area contributed by atoms with Crippen molar-refractivity contribution in [2.24, 2.45) is 0 Å². The van der Waals surface area contributed by atoms with Gasteiger partial charge in [-0.1, -0.05) is 24.3 Å². The first-order valence-corrected chi connectivity index (χ1v) is 8.44. The summed E-state index contributed by atoms with van der Waals surface area (Å²) in [5.41, 5.74) is 2.35. The SMILES string of the molecule is COc1ccc(CCNC(=O)CCNCc2ccc(OC)cc2)cc1. The Kier molecular flexibility index (Phi) is 7.79. The van der Waals surface area contributed by atoms with Crippen LogP contribution in [0.5, 0.6) is 11.5 Å². The molecule has 2 rings (SSSR count). The Morgan fingerprint density at radius 2 is 1.40 bits per heavy atom. The molecule has 0 radical (unpaired) electrons. The highest BCUT2D eigenvalue weighted by Gasteiger charge is 2.01. The molecule has 5 heteroatoms. The van der Waals surface area contributed by atoms with Gasteiger partial charge < -0.3 is 20.1 Å². The first-order chi connectivity index (χ1) is 12.2. The van der Waals surface area contributed by atoms with E-state index in [-0.39, 0.29) is 5.91 Å². The fourth-order valence-electron chi connectivity index (χ4n) is 2.40. The molecule has 0 aliphatic carbocycles. The molecule has 0 aromatic heterocycles. The second kappa shape index (κ2) is 10.4. The number of benzene rings is 2. The van der Waals surface area contributed by atoms with Crippen LogP contribution in [0.4, 0.5) is 0 Å². The minimum Gasteiger partial charge on any atom is -0.497 e. The van der Waals surface area contributed by atoms with Crippen LogP contribution in [-0.4, -0.2) is 33.2 Å². The average Bonchev–Trinajstić information content (AvgIpc) is 2.66. The van der Waals surface area contributed by atoms with Crippen molar-refractivity contribution in [3.8, 4) is 11.5 Å². The van der Waals surface area contributed by atoms with Gasteiger partial charge in [-0.3, -0.25) is 4.79 Å². The zero-order chi connectivity index (χ0) is 17.9. The van der Waals surface area contributed by atoms with Gasteiger partial charge >= 0.3 is 0 Å². The third-order valence-corrected chi connectivity index (χ3v) is 3.91. The van der Waals surface area contributed by atoms with Crippen molar-refractivity contribution >= 4 is 5.91 Å². The molecule has 134 valence electrons. The predicted octanol–water partition coefficient (Wildman–Crippen LogP) is 2.54. The van der Waals surface area contributed by atoms with Gasteiger partial charge in [0.25, 0.3) is 0 Å². The number of amides is 1. The largest absolute Gasteiger partial charge is 0.497 e. The van der Waals surface area contributed by atoms with Gasteiger partial charge in [-0.2, -0.15) is 0 Å². The number of rotatable bonds is 10. The third-order valence-electron chi connectivity index (χ3n) is 3.91. The molecule has 0 atom stereocenters. The van der Waals surface area contributed by atoms with Gasteiger partial charge in [0.05, 0.1) is 14.2 Å². The second-order valence-electron chi connectivity index (χ2n) is 5.72. The molecule has 0 bridgehead atoms. The van der Waals surface area contributed by atoms with Gasteiger partial charge in [-0.25, -0.2) is 0 Å². The van der Waals surface area contributed by atoms with Crippen molar-refractivity contribution in [1.29, 1.82) is 0 Å². The minimum absolute atomic E-state index is 0.0655. The number of carbonyl (C=O) groups is 1. The lowest BCUT2D eigenvalue weighted by Crippen LogP contribution is -2.29. The van der Waals surface area contributed by atoms with Gasteiger partial charge in [-0.15, -0.1) is 0 Å². The van der Waals surface area contributed by atoms with Crippen molar-refractivity contribution < 1.29 is 14.3 Å². The molecule has 0 aliphatic heterocycles. The van der Waals surface area contributed by atoms with Crippen LogP contribution in [0.2, 0.25) is 0 Å². The zero-order valence-electron chi connectivity index (χ0n) is 14.9. The summed E-state index contributed by atoms with van der Waals surface area (Å²) in [5.74, 6) is 1.76. The molecule has 25 heavy (non-hydrogen) atoms. The highest BCUT2D eigenvalue weighted by Crippen LogP contribution is 2.12.